The van der Waals surface area contributed by atoms with Crippen LogP contribution >= 0.6 is 23.1 Å². The molecule has 50 heavy (non-hydrogen) atoms. The summed E-state index contributed by atoms with van der Waals surface area (Å²) in [6.45, 7) is 8.64. The lowest BCUT2D eigenvalue weighted by Crippen LogP contribution is -2.63. The van der Waals surface area contributed by atoms with Gasteiger partial charge in [-0.1, -0.05) is 6.92 Å². The number of hydrogen-bond donors (Lipinski definition) is 3. The van der Waals surface area contributed by atoms with Gasteiger partial charge in [0, 0.05) is 79.6 Å². The average Bonchev–Trinajstić information content (AvgIpc) is 3.79. The van der Waals surface area contributed by atoms with E-state index >= 15 is 0 Å². The fraction of sp³-hybridized carbons (Fsp3) is 0.656. The molecule has 6 heterocycles. The lowest BCUT2D eigenvalue weighted by Gasteiger charge is -2.46. The van der Waals surface area contributed by atoms with E-state index in [-0.39, 0.29) is 77.5 Å². The van der Waals surface area contributed by atoms with Gasteiger partial charge in [-0.05, 0) is 20.3 Å². The summed E-state index contributed by atoms with van der Waals surface area (Å²) < 4.78 is 10.6. The number of carbonyl (C=O) groups excluding carboxylic acids is 5. The number of rotatable bonds is 12. The number of carbonyl (C=O) groups is 6. The zero-order valence-electron chi connectivity index (χ0n) is 28.1. The molecule has 18 heteroatoms. The van der Waals surface area contributed by atoms with Crippen LogP contribution in [-0.4, -0.2) is 147 Å². The number of morpholine rings is 1. The highest BCUT2D eigenvalue weighted by molar-refractivity contribution is 8.03. The SMILES string of the molecule is CC(OC(=O)N1CC[C@H](NC(=O)c2csc(N3CC(SC4=C(C(=O)O)N5C(=O)[C@H]([C@@H](C)O)[C@H]5[C@H]4C)C3)n2)C1)C(=O)CCC(=O)N1CCOCC1. The number of aromatic nitrogens is 1. The van der Waals surface area contributed by atoms with Gasteiger partial charge >= 0.3 is 12.1 Å². The van der Waals surface area contributed by atoms with E-state index in [1.807, 2.05) is 11.8 Å². The van der Waals surface area contributed by atoms with Crippen LogP contribution in [0.4, 0.5) is 9.93 Å². The van der Waals surface area contributed by atoms with Gasteiger partial charge in [-0.2, -0.15) is 0 Å². The molecule has 16 nitrogen and oxygen atoms in total. The van der Waals surface area contributed by atoms with E-state index < -0.39 is 30.2 Å². The summed E-state index contributed by atoms with van der Waals surface area (Å²) in [7, 11) is 0. The first-order chi connectivity index (χ1) is 23.8. The Morgan fingerprint density at radius 1 is 1.10 bits per heavy atom. The fourth-order valence-electron chi connectivity index (χ4n) is 7.04. The van der Waals surface area contributed by atoms with Crippen molar-refractivity contribution in [2.75, 3.05) is 57.4 Å². The Morgan fingerprint density at radius 3 is 2.50 bits per heavy atom. The van der Waals surface area contributed by atoms with Gasteiger partial charge in [0.2, 0.25) is 11.8 Å². The lowest BCUT2D eigenvalue weighted by molar-refractivity contribution is -0.163. The van der Waals surface area contributed by atoms with Gasteiger partial charge in [0.15, 0.2) is 17.0 Å². The van der Waals surface area contributed by atoms with Gasteiger partial charge in [0.1, 0.15) is 11.4 Å². The molecule has 0 saturated carbocycles. The maximum absolute atomic E-state index is 13.0. The zero-order chi connectivity index (χ0) is 35.9. The van der Waals surface area contributed by atoms with E-state index in [1.54, 1.807) is 17.2 Å². The molecule has 4 fully saturated rings. The number of fused-ring (bicyclic) bond motifs is 1. The maximum atomic E-state index is 13.0. The molecule has 272 valence electrons. The largest absolute Gasteiger partial charge is 0.477 e. The highest BCUT2D eigenvalue weighted by atomic mass is 32.2. The minimum Gasteiger partial charge on any atom is -0.477 e. The van der Waals surface area contributed by atoms with Crippen molar-refractivity contribution >= 4 is 63.8 Å². The number of nitrogens with one attached hydrogen (secondary N) is 1. The number of β-lactam (4-membered cyclic amide) rings is 1. The molecule has 0 spiro atoms. The second-order valence-corrected chi connectivity index (χ2v) is 15.5. The Hall–Kier alpha value is -3.74. The number of anilines is 1. The number of carboxylic acid groups (broad SMARTS) is 1. The molecule has 0 aliphatic carbocycles. The zero-order valence-corrected chi connectivity index (χ0v) is 29.7. The molecule has 5 aliphatic heterocycles. The summed E-state index contributed by atoms with van der Waals surface area (Å²) in [5.41, 5.74) is 0.260. The summed E-state index contributed by atoms with van der Waals surface area (Å²) in [6, 6.07) is -0.676. The van der Waals surface area contributed by atoms with Gasteiger partial charge < -0.3 is 44.6 Å². The normalized spacial score (nSPS) is 26.3. The Labute approximate surface area is 297 Å². The molecule has 3 N–H and O–H groups in total. The monoisotopic (exact) mass is 734 g/mol. The molecule has 1 aromatic heterocycles. The number of aliphatic carboxylic acids is 1. The summed E-state index contributed by atoms with van der Waals surface area (Å²) in [4.78, 5) is 86.9. The molecule has 1 aromatic rings. The number of likely N-dealkylation sites (tertiary alicyclic amines) is 1. The van der Waals surface area contributed by atoms with Crippen molar-refractivity contribution in [3.63, 3.8) is 0 Å². The number of thioether (sulfide) groups is 1. The predicted octanol–water partition coefficient (Wildman–Crippen LogP) is 0.756. The third-order valence-electron chi connectivity index (χ3n) is 9.91. The van der Waals surface area contributed by atoms with Crippen LogP contribution in [0.1, 0.15) is 50.5 Å². The molecule has 6 rings (SSSR count). The number of amides is 4. The van der Waals surface area contributed by atoms with Gasteiger partial charge in [-0.25, -0.2) is 14.6 Å². The van der Waals surface area contributed by atoms with E-state index in [9.17, 15) is 39.0 Å². The van der Waals surface area contributed by atoms with E-state index in [2.05, 4.69) is 10.3 Å². The smallest absolute Gasteiger partial charge is 0.410 e. The number of thiazole rings is 1. The minimum absolute atomic E-state index is 0.00981. The highest BCUT2D eigenvalue weighted by Gasteiger charge is 2.60. The number of Topliss-reactive ketones (excluding diaryl/α,β-unsaturated/α-hetero) is 1. The van der Waals surface area contributed by atoms with Gasteiger partial charge in [0.05, 0.1) is 31.3 Å². The van der Waals surface area contributed by atoms with Crippen molar-refractivity contribution in [1.82, 2.24) is 25.0 Å². The molecule has 5 aliphatic rings. The summed E-state index contributed by atoms with van der Waals surface area (Å²) in [5.74, 6) is -3.14. The topological polar surface area (TPSA) is 199 Å². The van der Waals surface area contributed by atoms with E-state index in [1.165, 1.54) is 39.8 Å². The number of carboxylic acids is 1. The quantitative estimate of drug-likeness (QED) is 0.255. The van der Waals surface area contributed by atoms with Crippen molar-refractivity contribution in [2.24, 2.45) is 11.8 Å². The Morgan fingerprint density at radius 2 is 1.82 bits per heavy atom. The second-order valence-electron chi connectivity index (χ2n) is 13.3. The number of aliphatic hydroxyl groups is 1. The maximum Gasteiger partial charge on any atom is 0.410 e. The van der Waals surface area contributed by atoms with Crippen LogP contribution in [-0.2, 0) is 28.7 Å². The third-order valence-corrected chi connectivity index (χ3v) is 12.3. The van der Waals surface area contributed by atoms with Crippen LogP contribution in [0.15, 0.2) is 16.0 Å². The molecular weight excluding hydrogens is 693 g/mol. The van der Waals surface area contributed by atoms with Crippen molar-refractivity contribution in [3.8, 4) is 0 Å². The van der Waals surface area contributed by atoms with Crippen LogP contribution in [0.2, 0.25) is 0 Å². The number of ether oxygens (including phenoxy) is 2. The van der Waals surface area contributed by atoms with Crippen LogP contribution in [0.25, 0.3) is 0 Å². The molecule has 6 atom stereocenters. The van der Waals surface area contributed by atoms with Crippen LogP contribution in [0, 0.1) is 11.8 Å². The highest BCUT2D eigenvalue weighted by Crippen LogP contribution is 2.52. The van der Waals surface area contributed by atoms with Gasteiger partial charge in [-0.3, -0.25) is 19.2 Å². The number of nitrogens with zero attached hydrogens (tertiary/aromatic N) is 5. The van der Waals surface area contributed by atoms with E-state index in [4.69, 9.17) is 9.47 Å². The summed E-state index contributed by atoms with van der Waals surface area (Å²) in [5, 5.41) is 25.3. The van der Waals surface area contributed by atoms with Crippen LogP contribution < -0.4 is 10.2 Å². The van der Waals surface area contributed by atoms with E-state index in [0.29, 0.717) is 62.4 Å². The molecule has 0 bridgehead atoms. The number of hydrogen-bond acceptors (Lipinski definition) is 13. The first-order valence-corrected chi connectivity index (χ1v) is 18.6. The number of ketones is 1. The third kappa shape index (κ3) is 7.20. The predicted molar refractivity (Wildman–Crippen MR) is 180 cm³/mol. The van der Waals surface area contributed by atoms with Crippen molar-refractivity contribution in [3.05, 3.63) is 21.7 Å². The van der Waals surface area contributed by atoms with Crippen molar-refractivity contribution < 1.29 is 48.5 Å². The second kappa shape index (κ2) is 14.9. The van der Waals surface area contributed by atoms with E-state index in [0.717, 1.165) is 0 Å². The van der Waals surface area contributed by atoms with Crippen molar-refractivity contribution in [1.29, 1.82) is 0 Å². The molecule has 0 radical (unpaired) electrons. The molecule has 1 unspecified atom stereocenters. The molecular formula is C32H42N6O10S2. The van der Waals surface area contributed by atoms with Crippen LogP contribution in [0.5, 0.6) is 0 Å². The van der Waals surface area contributed by atoms with Crippen molar-refractivity contribution in [2.45, 2.75) is 69.6 Å². The fourth-order valence-corrected chi connectivity index (χ4v) is 9.39. The summed E-state index contributed by atoms with van der Waals surface area (Å²) >= 11 is 2.78. The van der Waals surface area contributed by atoms with Gasteiger partial charge in [0.25, 0.3) is 5.91 Å². The molecule has 4 saturated heterocycles. The molecule has 0 aromatic carbocycles. The van der Waals surface area contributed by atoms with Gasteiger partial charge in [-0.15, -0.1) is 23.1 Å². The molecule has 4 amide bonds. The first kappa shape index (κ1) is 36.1. The minimum atomic E-state index is -1.15. The Bertz CT molecular complexity index is 1570. The summed E-state index contributed by atoms with van der Waals surface area (Å²) in [6.07, 6.45) is -1.97. The Balaban J connectivity index is 0.930. The average molecular weight is 735 g/mol. The first-order valence-electron chi connectivity index (χ1n) is 16.8. The Kier molecular flexibility index (Phi) is 10.7. The standard InChI is InChI=1S/C32H42N6O10S2/c1-16-25-24(17(2)39)29(43)38(25)26(30(44)45)27(16)50-20-13-37(14-20)31-34-21(15-49-31)28(42)33-19-6-7-36(12-19)32(46)48-18(3)22(40)4-5-23(41)35-8-10-47-11-9-35/h15-20,24-25,39H,4-14H2,1-3H3,(H,33,42)(H,44,45)/t16-,17-,18?,19+,24-,25-/m1/s1. The lowest BCUT2D eigenvalue weighted by atomic mass is 9.79. The van der Waals surface area contributed by atoms with Crippen LogP contribution in [0.3, 0.4) is 0 Å². The number of aliphatic hydroxyl groups excluding tert-OH is 1.